The van der Waals surface area contributed by atoms with Crippen molar-refractivity contribution in [2.24, 2.45) is 5.73 Å². The summed E-state index contributed by atoms with van der Waals surface area (Å²) < 4.78 is 51.2. The van der Waals surface area contributed by atoms with Crippen molar-refractivity contribution in [1.82, 2.24) is 9.21 Å². The molecule has 1 saturated heterocycles. The van der Waals surface area contributed by atoms with Crippen LogP contribution in [-0.2, 0) is 37.5 Å². The van der Waals surface area contributed by atoms with Gasteiger partial charge in [-0.3, -0.25) is 9.69 Å². The van der Waals surface area contributed by atoms with Gasteiger partial charge >= 0.3 is 0 Å². The lowest BCUT2D eigenvalue weighted by molar-refractivity contribution is -0.117. The zero-order valence-electron chi connectivity index (χ0n) is 15.8. The summed E-state index contributed by atoms with van der Waals surface area (Å²) in [6, 6.07) is 5.41. The highest BCUT2D eigenvalue weighted by Crippen LogP contribution is 2.26. The van der Waals surface area contributed by atoms with Gasteiger partial charge in [-0.15, -0.1) is 0 Å². The molecule has 8 nitrogen and oxygen atoms in total. The molecule has 0 atom stereocenters. The van der Waals surface area contributed by atoms with E-state index in [-0.39, 0.29) is 17.9 Å². The fourth-order valence-corrected chi connectivity index (χ4v) is 6.40. The number of benzene rings is 1. The van der Waals surface area contributed by atoms with Gasteiger partial charge in [-0.05, 0) is 42.5 Å². The molecule has 28 heavy (non-hydrogen) atoms. The maximum absolute atomic E-state index is 12.9. The van der Waals surface area contributed by atoms with Crippen LogP contribution in [0, 0.1) is 0 Å². The van der Waals surface area contributed by atoms with E-state index in [1.165, 1.54) is 9.87 Å². The molecule has 1 aliphatic carbocycles. The van der Waals surface area contributed by atoms with Crippen molar-refractivity contribution in [3.63, 3.8) is 0 Å². The Balaban J connectivity index is 1.54. The highest BCUT2D eigenvalue weighted by Gasteiger charge is 2.29. The lowest BCUT2D eigenvalue weighted by Crippen LogP contribution is -2.49. The first-order valence-corrected chi connectivity index (χ1v) is 12.8. The van der Waals surface area contributed by atoms with E-state index in [1.807, 2.05) is 11.0 Å². The fourth-order valence-electron chi connectivity index (χ4n) is 3.68. The quantitative estimate of drug-likeness (QED) is 0.610. The van der Waals surface area contributed by atoms with Gasteiger partial charge in [0.2, 0.25) is 15.9 Å². The van der Waals surface area contributed by atoms with Crippen LogP contribution in [-0.4, -0.2) is 76.2 Å². The third kappa shape index (κ3) is 5.11. The van der Waals surface area contributed by atoms with Crippen LogP contribution in [0.15, 0.2) is 23.1 Å². The van der Waals surface area contributed by atoms with Crippen LogP contribution >= 0.6 is 0 Å². The number of carbonyl (C=O) groups is 1. The molecule has 0 spiro atoms. The number of primary amides is 1. The van der Waals surface area contributed by atoms with Crippen molar-refractivity contribution in [1.29, 1.82) is 0 Å². The number of nitrogens with zero attached hydrogens (tertiary/aromatic N) is 2. The summed E-state index contributed by atoms with van der Waals surface area (Å²) in [5.74, 6) is -0.929. The van der Waals surface area contributed by atoms with Gasteiger partial charge in [-0.1, -0.05) is 6.07 Å². The smallest absolute Gasteiger partial charge is 0.243 e. The zero-order chi connectivity index (χ0) is 20.4. The summed E-state index contributed by atoms with van der Waals surface area (Å²) >= 11 is 0. The van der Waals surface area contributed by atoms with Crippen molar-refractivity contribution >= 4 is 25.8 Å². The Kier molecular flexibility index (Phi) is 6.43. The van der Waals surface area contributed by atoms with Crippen molar-refractivity contribution in [3.8, 4) is 0 Å². The molecule has 0 saturated carbocycles. The number of hydrogen-bond acceptors (Lipinski definition) is 6. The third-order valence-corrected chi connectivity index (χ3v) is 8.94. The Morgan fingerprint density at radius 2 is 1.64 bits per heavy atom. The van der Waals surface area contributed by atoms with E-state index in [0.717, 1.165) is 24.8 Å². The number of hydrogen-bond donors (Lipinski definition) is 1. The molecule has 0 unspecified atom stereocenters. The maximum Gasteiger partial charge on any atom is 0.243 e. The normalized spacial score (nSPS) is 18.9. The van der Waals surface area contributed by atoms with E-state index < -0.39 is 25.8 Å². The van der Waals surface area contributed by atoms with E-state index >= 15 is 0 Å². The van der Waals surface area contributed by atoms with Gasteiger partial charge in [0, 0.05) is 39.1 Å². The van der Waals surface area contributed by atoms with Crippen LogP contribution in [0.5, 0.6) is 0 Å². The standard InChI is InChI=1S/C18H27N3O5S2/c19-18(22)6-12-27(23,24)13-11-20-7-9-21(10-8-20)28(25,26)17-5-4-15-2-1-3-16(15)14-17/h4-5,14H,1-3,6-13H2,(H2,19,22). The molecule has 1 fully saturated rings. The van der Waals surface area contributed by atoms with E-state index in [2.05, 4.69) is 0 Å². The monoisotopic (exact) mass is 429 g/mol. The molecule has 1 aromatic rings. The van der Waals surface area contributed by atoms with Gasteiger partial charge in [-0.2, -0.15) is 4.31 Å². The highest BCUT2D eigenvalue weighted by atomic mass is 32.2. The maximum atomic E-state index is 12.9. The van der Waals surface area contributed by atoms with Gasteiger partial charge in [-0.25, -0.2) is 16.8 Å². The molecule has 1 aliphatic heterocycles. The molecule has 3 rings (SSSR count). The summed E-state index contributed by atoms with van der Waals surface area (Å²) in [6.45, 7) is 1.96. The molecule has 2 N–H and O–H groups in total. The Morgan fingerprint density at radius 3 is 2.32 bits per heavy atom. The van der Waals surface area contributed by atoms with Crippen molar-refractivity contribution in [2.45, 2.75) is 30.6 Å². The molecule has 0 radical (unpaired) electrons. The number of carbonyl (C=O) groups excluding carboxylic acids is 1. The lowest BCUT2D eigenvalue weighted by atomic mass is 10.1. The van der Waals surface area contributed by atoms with Crippen LogP contribution in [0.25, 0.3) is 0 Å². The van der Waals surface area contributed by atoms with E-state index in [9.17, 15) is 21.6 Å². The van der Waals surface area contributed by atoms with Crippen LogP contribution in [0.1, 0.15) is 24.0 Å². The summed E-state index contributed by atoms with van der Waals surface area (Å²) in [5.41, 5.74) is 7.36. The molecule has 0 aromatic heterocycles. The molecule has 1 amide bonds. The minimum absolute atomic E-state index is 0.0577. The van der Waals surface area contributed by atoms with Gasteiger partial charge < -0.3 is 5.73 Å². The Bertz CT molecular complexity index is 936. The molecular weight excluding hydrogens is 402 g/mol. The van der Waals surface area contributed by atoms with Crippen LogP contribution in [0.4, 0.5) is 0 Å². The Labute approximate surface area is 166 Å². The first-order chi connectivity index (χ1) is 13.2. The SMILES string of the molecule is NC(=O)CCS(=O)(=O)CCN1CCN(S(=O)(=O)c2ccc3c(c2)CCC3)CC1. The number of sulfonamides is 1. The Morgan fingerprint density at radius 1 is 0.964 bits per heavy atom. The second-order valence-electron chi connectivity index (χ2n) is 7.40. The van der Waals surface area contributed by atoms with E-state index in [1.54, 1.807) is 12.1 Å². The lowest BCUT2D eigenvalue weighted by Gasteiger charge is -2.34. The second kappa shape index (κ2) is 8.48. The zero-order valence-corrected chi connectivity index (χ0v) is 17.5. The van der Waals surface area contributed by atoms with Crippen LogP contribution < -0.4 is 5.73 Å². The first-order valence-electron chi connectivity index (χ1n) is 9.50. The molecule has 156 valence electrons. The predicted molar refractivity (Wildman–Crippen MR) is 106 cm³/mol. The summed E-state index contributed by atoms with van der Waals surface area (Å²) in [4.78, 5) is 13.0. The third-order valence-electron chi connectivity index (χ3n) is 5.42. The first kappa shape index (κ1) is 21.2. The van der Waals surface area contributed by atoms with Gasteiger partial charge in [0.25, 0.3) is 0 Å². The van der Waals surface area contributed by atoms with Crippen molar-refractivity contribution < 1.29 is 21.6 Å². The topological polar surface area (TPSA) is 118 Å². The fraction of sp³-hybridized carbons (Fsp3) is 0.611. The number of fused-ring (bicyclic) bond motifs is 1. The Hall–Kier alpha value is -1.49. The summed E-state index contributed by atoms with van der Waals surface area (Å²) in [7, 11) is -6.87. The van der Waals surface area contributed by atoms with Crippen molar-refractivity contribution in [3.05, 3.63) is 29.3 Å². The van der Waals surface area contributed by atoms with Crippen LogP contribution in [0.2, 0.25) is 0 Å². The predicted octanol–water partition coefficient (Wildman–Crippen LogP) is -0.228. The van der Waals surface area contributed by atoms with Crippen molar-refractivity contribution in [2.75, 3.05) is 44.2 Å². The summed E-state index contributed by atoms with van der Waals surface area (Å²) in [6.07, 6.45) is 2.84. The van der Waals surface area contributed by atoms with Crippen LogP contribution in [0.3, 0.4) is 0 Å². The number of rotatable bonds is 8. The number of aryl methyl sites for hydroxylation is 2. The second-order valence-corrected chi connectivity index (χ2v) is 11.6. The molecule has 2 aliphatic rings. The number of sulfone groups is 1. The molecular formula is C18H27N3O5S2. The van der Waals surface area contributed by atoms with E-state index in [4.69, 9.17) is 5.73 Å². The average Bonchev–Trinajstić information content (AvgIpc) is 3.13. The number of amides is 1. The van der Waals surface area contributed by atoms with Gasteiger partial charge in [0.05, 0.1) is 16.4 Å². The molecule has 1 heterocycles. The van der Waals surface area contributed by atoms with Gasteiger partial charge in [0.15, 0.2) is 9.84 Å². The number of nitrogens with two attached hydrogens (primary N) is 1. The van der Waals surface area contributed by atoms with E-state index in [0.29, 0.717) is 37.6 Å². The summed E-state index contributed by atoms with van der Waals surface area (Å²) in [5, 5.41) is 0. The molecule has 1 aromatic carbocycles. The minimum atomic E-state index is -3.53. The molecule has 0 bridgehead atoms. The molecule has 10 heteroatoms. The van der Waals surface area contributed by atoms with Gasteiger partial charge in [0.1, 0.15) is 0 Å². The number of piperazine rings is 1. The average molecular weight is 430 g/mol. The largest absolute Gasteiger partial charge is 0.370 e. The highest BCUT2D eigenvalue weighted by molar-refractivity contribution is 7.91. The minimum Gasteiger partial charge on any atom is -0.370 e.